The van der Waals surface area contributed by atoms with E-state index in [1.54, 1.807) is 6.92 Å². The summed E-state index contributed by atoms with van der Waals surface area (Å²) in [7, 11) is -3.71. The highest BCUT2D eigenvalue weighted by atomic mass is 32.2. The zero-order valence-corrected chi connectivity index (χ0v) is 11.0. The quantitative estimate of drug-likeness (QED) is 0.551. The van der Waals surface area contributed by atoms with Crippen LogP contribution in [0.25, 0.3) is 0 Å². The molecule has 0 aliphatic carbocycles. The maximum Gasteiger partial charge on any atom is 0.240 e. The number of rotatable bonds is 5. The van der Waals surface area contributed by atoms with Crippen molar-refractivity contribution in [2.75, 3.05) is 6.54 Å². The normalized spacial score (nSPS) is 13.3. The minimum absolute atomic E-state index is 0.0275. The SMILES string of the molecule is Cc1cc(F)ccc1S(=O)(=O)NCC(C)C(=N)N. The summed E-state index contributed by atoms with van der Waals surface area (Å²) in [5.41, 5.74) is 5.58. The highest BCUT2D eigenvalue weighted by Gasteiger charge is 2.18. The molecule has 0 fully saturated rings. The maximum atomic E-state index is 12.9. The molecule has 18 heavy (non-hydrogen) atoms. The Morgan fingerprint density at radius 1 is 1.56 bits per heavy atom. The Hall–Kier alpha value is -1.47. The summed E-state index contributed by atoms with van der Waals surface area (Å²) in [5, 5.41) is 7.18. The summed E-state index contributed by atoms with van der Waals surface area (Å²) < 4.78 is 39.1. The predicted molar refractivity (Wildman–Crippen MR) is 67.4 cm³/mol. The van der Waals surface area contributed by atoms with Gasteiger partial charge in [-0.05, 0) is 30.7 Å². The first kappa shape index (κ1) is 14.6. The summed E-state index contributed by atoms with van der Waals surface area (Å²) in [5.74, 6) is -0.961. The molecule has 1 atom stereocenters. The van der Waals surface area contributed by atoms with Crippen molar-refractivity contribution in [3.63, 3.8) is 0 Å². The molecule has 4 N–H and O–H groups in total. The second kappa shape index (κ2) is 5.45. The minimum Gasteiger partial charge on any atom is -0.387 e. The molecule has 7 heteroatoms. The van der Waals surface area contributed by atoms with E-state index in [9.17, 15) is 12.8 Å². The topological polar surface area (TPSA) is 96.0 Å². The largest absolute Gasteiger partial charge is 0.387 e. The Bertz CT molecular complexity index is 557. The van der Waals surface area contributed by atoms with Gasteiger partial charge in [0.1, 0.15) is 5.82 Å². The van der Waals surface area contributed by atoms with Gasteiger partial charge < -0.3 is 5.73 Å². The van der Waals surface area contributed by atoms with Crippen LogP contribution in [0.2, 0.25) is 0 Å². The highest BCUT2D eigenvalue weighted by molar-refractivity contribution is 7.89. The van der Waals surface area contributed by atoms with Gasteiger partial charge in [-0.3, -0.25) is 5.41 Å². The van der Waals surface area contributed by atoms with E-state index in [1.807, 2.05) is 0 Å². The number of hydrogen-bond donors (Lipinski definition) is 3. The lowest BCUT2D eigenvalue weighted by Gasteiger charge is -2.12. The third-order valence-electron chi connectivity index (χ3n) is 2.54. The van der Waals surface area contributed by atoms with E-state index >= 15 is 0 Å². The molecule has 0 aromatic heterocycles. The van der Waals surface area contributed by atoms with E-state index < -0.39 is 15.8 Å². The predicted octanol–water partition coefficient (Wildman–Crippen LogP) is 0.984. The van der Waals surface area contributed by atoms with Crippen LogP contribution in [0.5, 0.6) is 0 Å². The zero-order chi connectivity index (χ0) is 13.9. The number of halogens is 1. The summed E-state index contributed by atoms with van der Waals surface area (Å²) in [6, 6.07) is 3.46. The maximum absolute atomic E-state index is 12.9. The number of amidine groups is 1. The van der Waals surface area contributed by atoms with Crippen LogP contribution in [-0.4, -0.2) is 20.8 Å². The lowest BCUT2D eigenvalue weighted by Crippen LogP contribution is -2.34. The van der Waals surface area contributed by atoms with E-state index in [1.165, 1.54) is 13.0 Å². The van der Waals surface area contributed by atoms with Crippen LogP contribution in [0.1, 0.15) is 12.5 Å². The van der Waals surface area contributed by atoms with Crippen molar-refractivity contribution in [3.05, 3.63) is 29.6 Å². The summed E-state index contributed by atoms with van der Waals surface area (Å²) in [6.45, 7) is 3.20. The van der Waals surface area contributed by atoms with Gasteiger partial charge in [-0.25, -0.2) is 17.5 Å². The molecule has 0 saturated carbocycles. The van der Waals surface area contributed by atoms with E-state index in [0.717, 1.165) is 12.1 Å². The van der Waals surface area contributed by atoms with Crippen LogP contribution in [0.15, 0.2) is 23.1 Å². The van der Waals surface area contributed by atoms with Crippen molar-refractivity contribution in [2.45, 2.75) is 18.7 Å². The van der Waals surface area contributed by atoms with Gasteiger partial charge in [-0.15, -0.1) is 0 Å². The summed E-state index contributed by atoms with van der Waals surface area (Å²) in [6.07, 6.45) is 0. The zero-order valence-electron chi connectivity index (χ0n) is 10.2. The molecule has 1 rings (SSSR count). The molecular weight excluding hydrogens is 257 g/mol. The number of hydrogen-bond acceptors (Lipinski definition) is 3. The van der Waals surface area contributed by atoms with Gasteiger partial charge in [0.05, 0.1) is 10.7 Å². The third-order valence-corrected chi connectivity index (χ3v) is 4.12. The summed E-state index contributed by atoms with van der Waals surface area (Å²) in [4.78, 5) is 0.0275. The molecular formula is C11H16FN3O2S. The van der Waals surface area contributed by atoms with Crippen molar-refractivity contribution in [3.8, 4) is 0 Å². The lowest BCUT2D eigenvalue weighted by molar-refractivity contribution is 0.572. The molecule has 1 aromatic rings. The van der Waals surface area contributed by atoms with Crippen LogP contribution in [0, 0.1) is 24.1 Å². The van der Waals surface area contributed by atoms with Crippen molar-refractivity contribution in [2.24, 2.45) is 11.7 Å². The van der Waals surface area contributed by atoms with Gasteiger partial charge >= 0.3 is 0 Å². The number of nitrogens with one attached hydrogen (secondary N) is 2. The molecule has 0 aliphatic rings. The molecule has 0 heterocycles. The molecule has 0 saturated heterocycles. The van der Waals surface area contributed by atoms with Gasteiger partial charge in [0.2, 0.25) is 10.0 Å². The first-order valence-corrected chi connectivity index (χ1v) is 6.82. The van der Waals surface area contributed by atoms with E-state index in [-0.39, 0.29) is 23.2 Å². The van der Waals surface area contributed by atoms with Crippen LogP contribution < -0.4 is 10.5 Å². The minimum atomic E-state index is -3.71. The van der Waals surface area contributed by atoms with Crippen molar-refractivity contribution in [1.29, 1.82) is 5.41 Å². The molecule has 0 amide bonds. The molecule has 0 radical (unpaired) electrons. The number of aryl methyl sites for hydroxylation is 1. The smallest absolute Gasteiger partial charge is 0.240 e. The van der Waals surface area contributed by atoms with Gasteiger partial charge in [0.15, 0.2) is 0 Å². The van der Waals surface area contributed by atoms with Crippen molar-refractivity contribution in [1.82, 2.24) is 4.72 Å². The Kier molecular flexibility index (Phi) is 4.42. The van der Waals surface area contributed by atoms with Crippen LogP contribution in [-0.2, 0) is 10.0 Å². The molecule has 5 nitrogen and oxygen atoms in total. The fourth-order valence-corrected chi connectivity index (χ4v) is 2.69. The summed E-state index contributed by atoms with van der Waals surface area (Å²) >= 11 is 0. The standard InChI is InChI=1S/C11H16FN3O2S/c1-7-5-9(12)3-4-10(7)18(16,17)15-6-8(2)11(13)14/h3-5,8,15H,6H2,1-2H3,(H3,13,14). The second-order valence-corrected chi connectivity index (χ2v) is 5.85. The average Bonchev–Trinajstić information content (AvgIpc) is 2.25. The average molecular weight is 273 g/mol. The van der Waals surface area contributed by atoms with Crippen LogP contribution >= 0.6 is 0 Å². The Morgan fingerprint density at radius 3 is 2.67 bits per heavy atom. The van der Waals surface area contributed by atoms with Gasteiger partial charge in [0, 0.05) is 12.5 Å². The van der Waals surface area contributed by atoms with Crippen LogP contribution in [0.3, 0.4) is 0 Å². The van der Waals surface area contributed by atoms with Gasteiger partial charge in [-0.2, -0.15) is 0 Å². The van der Waals surface area contributed by atoms with Gasteiger partial charge in [-0.1, -0.05) is 6.92 Å². The third kappa shape index (κ3) is 3.51. The molecule has 0 spiro atoms. The molecule has 0 aliphatic heterocycles. The molecule has 100 valence electrons. The lowest BCUT2D eigenvalue weighted by atomic mass is 10.2. The van der Waals surface area contributed by atoms with Crippen molar-refractivity contribution < 1.29 is 12.8 Å². The number of benzene rings is 1. The fourth-order valence-electron chi connectivity index (χ4n) is 1.34. The van der Waals surface area contributed by atoms with E-state index in [0.29, 0.717) is 5.56 Å². The van der Waals surface area contributed by atoms with E-state index in [2.05, 4.69) is 4.72 Å². The Balaban J connectivity index is 2.90. The monoisotopic (exact) mass is 273 g/mol. The highest BCUT2D eigenvalue weighted by Crippen LogP contribution is 2.15. The fraction of sp³-hybridized carbons (Fsp3) is 0.364. The molecule has 0 bridgehead atoms. The second-order valence-electron chi connectivity index (χ2n) is 4.12. The number of nitrogens with two attached hydrogens (primary N) is 1. The van der Waals surface area contributed by atoms with E-state index in [4.69, 9.17) is 11.1 Å². The Morgan fingerprint density at radius 2 is 2.17 bits per heavy atom. The van der Waals surface area contributed by atoms with Gasteiger partial charge in [0.25, 0.3) is 0 Å². The molecule has 1 unspecified atom stereocenters. The van der Waals surface area contributed by atoms with Crippen LogP contribution in [0.4, 0.5) is 4.39 Å². The number of sulfonamides is 1. The molecule has 1 aromatic carbocycles. The first-order valence-electron chi connectivity index (χ1n) is 5.34. The first-order chi connectivity index (χ1) is 8.24. The van der Waals surface area contributed by atoms with Crippen molar-refractivity contribution >= 4 is 15.9 Å². The Labute approximate surface area is 106 Å².